The first-order chi connectivity index (χ1) is 8.16. The van der Waals surface area contributed by atoms with Crippen LogP contribution in [0.3, 0.4) is 0 Å². The van der Waals surface area contributed by atoms with Crippen molar-refractivity contribution in [2.45, 2.75) is 33.1 Å². The zero-order valence-electron chi connectivity index (χ0n) is 11.1. The third-order valence-corrected chi connectivity index (χ3v) is 3.44. The van der Waals surface area contributed by atoms with Crippen LogP contribution in [0.1, 0.15) is 37.3 Å². The molecule has 0 atom stereocenters. The van der Waals surface area contributed by atoms with E-state index in [1.807, 2.05) is 0 Å². The van der Waals surface area contributed by atoms with E-state index in [1.54, 1.807) is 0 Å². The maximum absolute atomic E-state index is 5.96. The van der Waals surface area contributed by atoms with Crippen molar-refractivity contribution in [3.8, 4) is 5.75 Å². The Labute approximate surface area is 104 Å². The quantitative estimate of drug-likeness (QED) is 0.843. The number of ether oxygens (including phenoxy) is 1. The van der Waals surface area contributed by atoms with Gasteiger partial charge in [-0.15, -0.1) is 0 Å². The minimum atomic E-state index is 0.524. The molecule has 2 rings (SSSR count). The summed E-state index contributed by atoms with van der Waals surface area (Å²) in [4.78, 5) is 0. The van der Waals surface area contributed by atoms with E-state index in [1.165, 1.54) is 17.5 Å². The molecule has 1 fully saturated rings. The molecule has 0 aromatic heterocycles. The smallest absolute Gasteiger partial charge is 0.122 e. The lowest BCUT2D eigenvalue weighted by Crippen LogP contribution is -2.42. The topological polar surface area (TPSA) is 21.3 Å². The fourth-order valence-electron chi connectivity index (χ4n) is 2.13. The minimum absolute atomic E-state index is 0.524. The normalized spacial score (nSPS) is 16.0. The van der Waals surface area contributed by atoms with E-state index in [-0.39, 0.29) is 0 Å². The van der Waals surface area contributed by atoms with Gasteiger partial charge in [-0.3, -0.25) is 0 Å². The fraction of sp³-hybridized carbons (Fsp3) is 0.600. The second-order valence-corrected chi connectivity index (χ2v) is 5.36. The van der Waals surface area contributed by atoms with E-state index in [0.29, 0.717) is 5.92 Å². The lowest BCUT2D eigenvalue weighted by molar-refractivity contribution is 0.236. The highest BCUT2D eigenvalue weighted by Gasteiger charge is 2.16. The second-order valence-electron chi connectivity index (χ2n) is 5.36. The van der Waals surface area contributed by atoms with Crippen LogP contribution in [0.15, 0.2) is 18.2 Å². The van der Waals surface area contributed by atoms with Gasteiger partial charge >= 0.3 is 0 Å². The average Bonchev–Trinajstić information content (AvgIpc) is 2.21. The van der Waals surface area contributed by atoms with E-state index in [2.05, 4.69) is 44.3 Å². The van der Waals surface area contributed by atoms with Crippen molar-refractivity contribution in [1.82, 2.24) is 5.32 Å². The van der Waals surface area contributed by atoms with Crippen molar-refractivity contribution < 1.29 is 4.74 Å². The van der Waals surface area contributed by atoms with Crippen LogP contribution in [0.5, 0.6) is 5.75 Å². The first-order valence-corrected chi connectivity index (χ1v) is 6.61. The summed E-state index contributed by atoms with van der Waals surface area (Å²) in [6.45, 7) is 9.71. The van der Waals surface area contributed by atoms with Crippen molar-refractivity contribution in [3.05, 3.63) is 29.3 Å². The molecule has 0 saturated carbocycles. The predicted molar refractivity (Wildman–Crippen MR) is 71.7 cm³/mol. The zero-order valence-corrected chi connectivity index (χ0v) is 11.1. The van der Waals surface area contributed by atoms with Gasteiger partial charge < -0.3 is 10.1 Å². The van der Waals surface area contributed by atoms with E-state index in [4.69, 9.17) is 4.74 Å². The summed E-state index contributed by atoms with van der Waals surface area (Å²) in [6, 6.07) is 6.52. The molecule has 1 aliphatic heterocycles. The molecular formula is C15H23NO. The molecule has 1 saturated heterocycles. The number of hydrogen-bond acceptors (Lipinski definition) is 2. The summed E-state index contributed by atoms with van der Waals surface area (Å²) < 4.78 is 5.96. The van der Waals surface area contributed by atoms with Crippen molar-refractivity contribution in [2.24, 2.45) is 5.92 Å². The molecule has 17 heavy (non-hydrogen) atoms. The van der Waals surface area contributed by atoms with Crippen LogP contribution >= 0.6 is 0 Å². The molecule has 0 unspecified atom stereocenters. The Hall–Kier alpha value is -1.02. The van der Waals surface area contributed by atoms with Crippen molar-refractivity contribution in [3.63, 3.8) is 0 Å². The van der Waals surface area contributed by atoms with E-state index in [0.717, 1.165) is 31.4 Å². The molecule has 0 radical (unpaired) electrons. The average molecular weight is 233 g/mol. The zero-order chi connectivity index (χ0) is 12.3. The Morgan fingerprint density at radius 3 is 2.71 bits per heavy atom. The van der Waals surface area contributed by atoms with Gasteiger partial charge in [-0.2, -0.15) is 0 Å². The standard InChI is InChI=1S/C15H23NO/c1-11(2)14-5-4-12(3)8-15(14)17-7-6-13-9-16-10-13/h4-5,8,11,13,16H,6-7,9-10H2,1-3H3. The van der Waals surface area contributed by atoms with Crippen molar-refractivity contribution in [2.75, 3.05) is 19.7 Å². The molecule has 0 spiro atoms. The number of aryl methyl sites for hydroxylation is 1. The molecule has 1 aromatic rings. The Bertz CT molecular complexity index is 369. The maximum atomic E-state index is 5.96. The predicted octanol–water partition coefficient (Wildman–Crippen LogP) is 3.11. The summed E-state index contributed by atoms with van der Waals surface area (Å²) in [6.07, 6.45) is 1.17. The molecule has 0 amide bonds. The lowest BCUT2D eigenvalue weighted by atomic mass is 9.99. The molecular weight excluding hydrogens is 210 g/mol. The monoisotopic (exact) mass is 233 g/mol. The Kier molecular flexibility index (Phi) is 4.06. The van der Waals surface area contributed by atoms with Crippen LogP contribution in [0, 0.1) is 12.8 Å². The highest BCUT2D eigenvalue weighted by Crippen LogP contribution is 2.27. The van der Waals surface area contributed by atoms with Crippen LogP contribution in [0.25, 0.3) is 0 Å². The SMILES string of the molecule is Cc1ccc(C(C)C)c(OCCC2CNC2)c1. The van der Waals surface area contributed by atoms with Crippen LogP contribution < -0.4 is 10.1 Å². The Balaban J connectivity index is 1.94. The highest BCUT2D eigenvalue weighted by molar-refractivity contribution is 5.39. The van der Waals surface area contributed by atoms with Gasteiger partial charge in [0.2, 0.25) is 0 Å². The van der Waals surface area contributed by atoms with Gasteiger partial charge in [0.05, 0.1) is 6.61 Å². The summed E-state index contributed by atoms with van der Waals surface area (Å²) in [5.41, 5.74) is 2.59. The fourth-order valence-corrected chi connectivity index (χ4v) is 2.13. The van der Waals surface area contributed by atoms with Gasteiger partial charge in [-0.1, -0.05) is 26.0 Å². The molecule has 94 valence electrons. The van der Waals surface area contributed by atoms with E-state index >= 15 is 0 Å². The summed E-state index contributed by atoms with van der Waals surface area (Å²) in [7, 11) is 0. The van der Waals surface area contributed by atoms with Gasteiger partial charge in [0.15, 0.2) is 0 Å². The van der Waals surface area contributed by atoms with Gasteiger partial charge in [0, 0.05) is 0 Å². The van der Waals surface area contributed by atoms with Crippen LogP contribution in [0.2, 0.25) is 0 Å². The second kappa shape index (κ2) is 5.54. The third-order valence-electron chi connectivity index (χ3n) is 3.44. The summed E-state index contributed by atoms with van der Waals surface area (Å²) >= 11 is 0. The highest BCUT2D eigenvalue weighted by atomic mass is 16.5. The molecule has 2 heteroatoms. The lowest BCUT2D eigenvalue weighted by Gasteiger charge is -2.27. The van der Waals surface area contributed by atoms with Gasteiger partial charge in [0.1, 0.15) is 5.75 Å². The minimum Gasteiger partial charge on any atom is -0.493 e. The van der Waals surface area contributed by atoms with Crippen LogP contribution in [0.4, 0.5) is 0 Å². The van der Waals surface area contributed by atoms with Gasteiger partial charge in [0.25, 0.3) is 0 Å². The molecule has 1 N–H and O–H groups in total. The van der Waals surface area contributed by atoms with Crippen LogP contribution in [-0.2, 0) is 0 Å². The Morgan fingerprint density at radius 2 is 2.12 bits per heavy atom. The number of rotatable bonds is 5. The first kappa shape index (κ1) is 12.4. The summed E-state index contributed by atoms with van der Waals surface area (Å²) in [5.74, 6) is 2.42. The first-order valence-electron chi connectivity index (χ1n) is 6.61. The number of hydrogen-bond donors (Lipinski definition) is 1. The van der Waals surface area contributed by atoms with E-state index in [9.17, 15) is 0 Å². The molecule has 1 aliphatic rings. The van der Waals surface area contributed by atoms with Crippen molar-refractivity contribution in [1.29, 1.82) is 0 Å². The maximum Gasteiger partial charge on any atom is 0.122 e. The van der Waals surface area contributed by atoms with Gasteiger partial charge in [-0.05, 0) is 55.5 Å². The molecule has 0 bridgehead atoms. The summed E-state index contributed by atoms with van der Waals surface area (Å²) in [5, 5.41) is 3.29. The van der Waals surface area contributed by atoms with E-state index < -0.39 is 0 Å². The van der Waals surface area contributed by atoms with Crippen LogP contribution in [-0.4, -0.2) is 19.7 Å². The van der Waals surface area contributed by atoms with Crippen molar-refractivity contribution >= 4 is 0 Å². The third kappa shape index (κ3) is 3.22. The Morgan fingerprint density at radius 1 is 1.35 bits per heavy atom. The molecule has 2 nitrogen and oxygen atoms in total. The number of nitrogens with one attached hydrogen (secondary N) is 1. The van der Waals surface area contributed by atoms with Gasteiger partial charge in [-0.25, -0.2) is 0 Å². The molecule has 0 aliphatic carbocycles. The number of benzene rings is 1. The molecule has 1 heterocycles. The molecule has 1 aromatic carbocycles. The largest absolute Gasteiger partial charge is 0.493 e.